The van der Waals surface area contributed by atoms with Crippen molar-refractivity contribution in [3.63, 3.8) is 0 Å². The molecule has 1 N–H and O–H groups in total. The highest BCUT2D eigenvalue weighted by Gasteiger charge is 2.46. The zero-order valence-electron chi connectivity index (χ0n) is 19.5. The zero-order chi connectivity index (χ0) is 27.0. The van der Waals surface area contributed by atoms with Crippen LogP contribution >= 0.6 is 0 Å². The molecule has 0 unspecified atom stereocenters. The third-order valence-electron chi connectivity index (χ3n) is 6.29. The number of ketones is 2. The number of carbonyl (C=O) groups is 4. The topological polar surface area (TPSA) is 89.5 Å². The molecule has 0 saturated carbocycles. The number of cyclic esters (lactones) is 1. The van der Waals surface area contributed by atoms with Gasteiger partial charge in [0.2, 0.25) is 5.78 Å². The number of Topliss-reactive ketones (excluding diaryl/α,β-unsaturated/α-hetero) is 2. The van der Waals surface area contributed by atoms with Crippen molar-refractivity contribution in [2.24, 2.45) is 5.92 Å². The highest BCUT2D eigenvalue weighted by molar-refractivity contribution is 6.45. The summed E-state index contributed by atoms with van der Waals surface area (Å²) in [6.45, 7) is 0. The number of hydrogen-bond acceptors (Lipinski definition) is 5. The van der Waals surface area contributed by atoms with Gasteiger partial charge in [-0.1, -0.05) is 60.7 Å². The van der Waals surface area contributed by atoms with Crippen molar-refractivity contribution in [3.05, 3.63) is 113 Å². The van der Waals surface area contributed by atoms with Crippen LogP contribution in [-0.4, -0.2) is 23.4 Å². The number of anilines is 1. The molecule has 0 spiro atoms. The fraction of sp³-hybridized carbons (Fsp3) is 0.103. The van der Waals surface area contributed by atoms with Crippen LogP contribution in [-0.2, 0) is 20.5 Å². The van der Waals surface area contributed by atoms with E-state index in [4.69, 9.17) is 4.74 Å². The summed E-state index contributed by atoms with van der Waals surface area (Å²) in [5, 5.41) is 3.70. The van der Waals surface area contributed by atoms with E-state index in [-0.39, 0.29) is 22.4 Å². The van der Waals surface area contributed by atoms with Gasteiger partial charge in [0.25, 0.3) is 5.91 Å². The minimum Gasteiger partial charge on any atom is -0.453 e. The van der Waals surface area contributed by atoms with E-state index in [1.54, 1.807) is 36.4 Å². The number of fused-ring (bicyclic) bond motifs is 2. The number of alkyl halides is 3. The Bertz CT molecular complexity index is 1610. The van der Waals surface area contributed by atoms with Crippen LogP contribution < -0.4 is 5.32 Å². The Morgan fingerprint density at radius 1 is 0.816 bits per heavy atom. The van der Waals surface area contributed by atoms with Gasteiger partial charge < -0.3 is 10.1 Å². The molecular weight excluding hydrogens is 499 g/mol. The van der Waals surface area contributed by atoms with E-state index in [1.807, 2.05) is 12.1 Å². The number of esters is 1. The van der Waals surface area contributed by atoms with Crippen LogP contribution in [0.3, 0.4) is 0 Å². The van der Waals surface area contributed by atoms with E-state index in [2.05, 4.69) is 5.32 Å². The van der Waals surface area contributed by atoms with Crippen LogP contribution in [0.1, 0.15) is 37.9 Å². The lowest BCUT2D eigenvalue weighted by Crippen LogP contribution is -2.38. The van der Waals surface area contributed by atoms with Crippen molar-refractivity contribution in [1.82, 2.24) is 0 Å². The van der Waals surface area contributed by atoms with Crippen LogP contribution in [0.2, 0.25) is 0 Å². The van der Waals surface area contributed by atoms with Crippen molar-refractivity contribution in [3.8, 4) is 0 Å². The van der Waals surface area contributed by atoms with E-state index in [0.717, 1.165) is 17.5 Å². The summed E-state index contributed by atoms with van der Waals surface area (Å²) < 4.78 is 44.7. The second kappa shape index (κ2) is 9.59. The zero-order valence-corrected chi connectivity index (χ0v) is 19.5. The molecule has 1 heterocycles. The normalized spacial score (nSPS) is 15.4. The first-order chi connectivity index (χ1) is 18.1. The number of carbonyl (C=O) groups excluding carboxylic acids is 4. The van der Waals surface area contributed by atoms with E-state index in [9.17, 15) is 32.3 Å². The predicted molar refractivity (Wildman–Crippen MR) is 131 cm³/mol. The van der Waals surface area contributed by atoms with Gasteiger partial charge in [0.05, 0.1) is 11.1 Å². The average molecular weight is 517 g/mol. The predicted octanol–water partition coefficient (Wildman–Crippen LogP) is 5.78. The Hall–Kier alpha value is -4.79. The van der Waals surface area contributed by atoms with Gasteiger partial charge >= 0.3 is 12.1 Å². The first-order valence-corrected chi connectivity index (χ1v) is 11.5. The van der Waals surface area contributed by atoms with E-state index in [0.29, 0.717) is 11.5 Å². The summed E-state index contributed by atoms with van der Waals surface area (Å²) in [7, 11) is 0. The van der Waals surface area contributed by atoms with Crippen LogP contribution in [0.25, 0.3) is 10.8 Å². The molecule has 0 aliphatic carbocycles. The number of ether oxygens (including phenoxy) is 1. The summed E-state index contributed by atoms with van der Waals surface area (Å²) in [5.41, 5.74) is -0.782. The first-order valence-electron chi connectivity index (χ1n) is 11.5. The van der Waals surface area contributed by atoms with E-state index in [1.165, 1.54) is 24.3 Å². The molecule has 0 radical (unpaired) electrons. The molecule has 1 aliphatic rings. The van der Waals surface area contributed by atoms with E-state index >= 15 is 0 Å². The third kappa shape index (κ3) is 4.66. The minimum atomic E-state index is -4.67. The van der Waals surface area contributed by atoms with Crippen LogP contribution in [0, 0.1) is 5.92 Å². The maximum Gasteiger partial charge on any atom is 0.416 e. The number of rotatable bonds is 6. The SMILES string of the molecule is O=C(Nc1cccc(C(F)(F)F)c1)C(=O)[C@H](C(=O)c1ccc2ccccc2c1)[C@H]1OC(=O)c2ccccc21. The molecule has 6 nitrogen and oxygen atoms in total. The second-order valence-electron chi connectivity index (χ2n) is 8.71. The monoisotopic (exact) mass is 517 g/mol. The summed E-state index contributed by atoms with van der Waals surface area (Å²) in [4.78, 5) is 52.7. The Balaban J connectivity index is 1.52. The molecular formula is C29H18F3NO5. The average Bonchev–Trinajstić information content (AvgIpc) is 3.24. The Morgan fingerprint density at radius 3 is 2.29 bits per heavy atom. The molecule has 0 saturated heterocycles. The fourth-order valence-electron chi connectivity index (χ4n) is 4.44. The van der Waals surface area contributed by atoms with Crippen molar-refractivity contribution in [1.29, 1.82) is 0 Å². The molecule has 4 aromatic rings. The minimum absolute atomic E-state index is 0.106. The van der Waals surface area contributed by atoms with Gasteiger partial charge in [-0.3, -0.25) is 14.4 Å². The molecule has 38 heavy (non-hydrogen) atoms. The lowest BCUT2D eigenvalue weighted by Gasteiger charge is -2.21. The lowest BCUT2D eigenvalue weighted by atomic mass is 9.84. The summed E-state index contributed by atoms with van der Waals surface area (Å²) in [5.74, 6) is -5.86. The maximum atomic E-state index is 13.7. The van der Waals surface area contributed by atoms with Gasteiger partial charge in [0.1, 0.15) is 12.0 Å². The smallest absolute Gasteiger partial charge is 0.416 e. The molecule has 5 rings (SSSR count). The van der Waals surface area contributed by atoms with Gasteiger partial charge in [-0.05, 0) is 41.1 Å². The van der Waals surface area contributed by atoms with Crippen molar-refractivity contribution in [2.75, 3.05) is 5.32 Å². The molecule has 0 bridgehead atoms. The molecule has 2 atom stereocenters. The quantitative estimate of drug-likeness (QED) is 0.152. The number of benzene rings is 4. The number of halogens is 3. The van der Waals surface area contributed by atoms with Crippen LogP contribution in [0.4, 0.5) is 18.9 Å². The van der Waals surface area contributed by atoms with Crippen molar-refractivity contribution in [2.45, 2.75) is 12.3 Å². The van der Waals surface area contributed by atoms with Gasteiger partial charge in [-0.2, -0.15) is 13.2 Å². The number of amides is 1. The van der Waals surface area contributed by atoms with Gasteiger partial charge in [0, 0.05) is 16.8 Å². The maximum absolute atomic E-state index is 13.7. The lowest BCUT2D eigenvalue weighted by molar-refractivity contribution is -0.138. The third-order valence-corrected chi connectivity index (χ3v) is 6.29. The number of hydrogen-bond donors (Lipinski definition) is 1. The van der Waals surface area contributed by atoms with Crippen LogP contribution in [0.15, 0.2) is 91.0 Å². The van der Waals surface area contributed by atoms with Gasteiger partial charge in [0.15, 0.2) is 5.78 Å². The largest absolute Gasteiger partial charge is 0.453 e. The standard InChI is InChI=1S/C29H18F3NO5/c30-29(31,32)19-8-5-9-20(15-19)33-27(36)25(35)23(26-21-10-3-4-11-22(21)28(37)38-26)24(34)18-13-12-16-6-1-2-7-17(16)14-18/h1-15,23,26H,(H,33,36)/t23-,26-/m0/s1. The van der Waals surface area contributed by atoms with Crippen molar-refractivity contribution < 1.29 is 37.1 Å². The molecule has 4 aromatic carbocycles. The molecule has 0 fully saturated rings. The summed E-state index contributed by atoms with van der Waals surface area (Å²) in [6.07, 6.45) is -6.06. The number of nitrogens with one attached hydrogen (secondary N) is 1. The molecule has 1 aliphatic heterocycles. The van der Waals surface area contributed by atoms with E-state index < -0.39 is 47.2 Å². The van der Waals surface area contributed by atoms with Gasteiger partial charge in [-0.25, -0.2) is 4.79 Å². The summed E-state index contributed by atoms with van der Waals surface area (Å²) in [6, 6.07) is 21.9. The fourth-order valence-corrected chi connectivity index (χ4v) is 4.44. The van der Waals surface area contributed by atoms with Gasteiger partial charge in [-0.15, -0.1) is 0 Å². The Morgan fingerprint density at radius 2 is 1.53 bits per heavy atom. The van der Waals surface area contributed by atoms with Crippen LogP contribution in [0.5, 0.6) is 0 Å². The second-order valence-corrected chi connectivity index (χ2v) is 8.71. The van der Waals surface area contributed by atoms with Crippen molar-refractivity contribution >= 4 is 39.9 Å². The molecule has 9 heteroatoms. The summed E-state index contributed by atoms with van der Waals surface area (Å²) >= 11 is 0. The molecule has 1 amide bonds. The Labute approximate surface area is 214 Å². The first kappa shape index (κ1) is 24.9. The highest BCUT2D eigenvalue weighted by atomic mass is 19.4. The molecule has 0 aromatic heterocycles. The molecule has 190 valence electrons. The highest BCUT2D eigenvalue weighted by Crippen LogP contribution is 2.38. The Kier molecular flexibility index (Phi) is 6.28.